The highest BCUT2D eigenvalue weighted by atomic mass is 16.5. The third kappa shape index (κ3) is 3.83. The molecule has 116 valence electrons. The number of aliphatic hydroxyl groups excluding tert-OH is 1. The molecule has 0 aromatic heterocycles. The number of ketones is 1. The van der Waals surface area contributed by atoms with Gasteiger partial charge in [-0.25, -0.2) is 0 Å². The first kappa shape index (κ1) is 16.0. The fraction of sp³-hybridized carbons (Fsp3) is 0.588. The molecule has 1 aromatic carbocycles. The van der Waals surface area contributed by atoms with Crippen LogP contribution in [0.3, 0.4) is 0 Å². The zero-order valence-electron chi connectivity index (χ0n) is 12.9. The average molecular weight is 291 g/mol. The van der Waals surface area contributed by atoms with Crippen molar-refractivity contribution in [2.75, 3.05) is 20.3 Å². The molecule has 4 heteroatoms. The quantitative estimate of drug-likeness (QED) is 0.847. The Morgan fingerprint density at radius 2 is 2.05 bits per heavy atom. The van der Waals surface area contributed by atoms with E-state index in [1.165, 1.54) is 6.42 Å². The zero-order valence-corrected chi connectivity index (χ0v) is 12.9. The standard InChI is InChI=1S/C17H25NO3/c1-13(18-11-5-3-4-6-15(18)12-19)17(20)14-7-9-16(21-2)10-8-14/h7-10,13,15,19H,3-6,11-12H2,1-2H3. The molecule has 4 nitrogen and oxygen atoms in total. The van der Waals surface area contributed by atoms with Crippen molar-refractivity contribution in [2.24, 2.45) is 0 Å². The summed E-state index contributed by atoms with van der Waals surface area (Å²) in [6, 6.07) is 7.14. The molecule has 0 saturated carbocycles. The van der Waals surface area contributed by atoms with Crippen molar-refractivity contribution >= 4 is 5.78 Å². The smallest absolute Gasteiger partial charge is 0.179 e. The third-order valence-corrected chi connectivity index (χ3v) is 4.38. The van der Waals surface area contributed by atoms with E-state index in [1.807, 2.05) is 31.2 Å². The molecule has 2 unspecified atom stereocenters. The summed E-state index contributed by atoms with van der Waals surface area (Å²) in [5.74, 6) is 0.861. The predicted molar refractivity (Wildman–Crippen MR) is 82.8 cm³/mol. The van der Waals surface area contributed by atoms with Gasteiger partial charge in [0.25, 0.3) is 0 Å². The molecule has 2 rings (SSSR count). The molecule has 1 heterocycles. The Balaban J connectivity index is 2.12. The predicted octanol–water partition coefficient (Wildman–Crippen LogP) is 2.50. The maximum absolute atomic E-state index is 12.7. The molecule has 0 spiro atoms. The number of benzene rings is 1. The first-order chi connectivity index (χ1) is 10.2. The monoisotopic (exact) mass is 291 g/mol. The summed E-state index contributed by atoms with van der Waals surface area (Å²) in [6.45, 7) is 2.95. The number of hydrogen-bond acceptors (Lipinski definition) is 4. The van der Waals surface area contributed by atoms with Crippen LogP contribution < -0.4 is 4.74 Å². The van der Waals surface area contributed by atoms with E-state index in [9.17, 15) is 9.90 Å². The minimum absolute atomic E-state index is 0.102. The van der Waals surface area contributed by atoms with E-state index in [2.05, 4.69) is 4.90 Å². The number of rotatable bonds is 5. The second-order valence-electron chi connectivity index (χ2n) is 5.69. The van der Waals surface area contributed by atoms with Gasteiger partial charge in [0.1, 0.15) is 5.75 Å². The topological polar surface area (TPSA) is 49.8 Å². The number of aliphatic hydroxyl groups is 1. The highest BCUT2D eigenvalue weighted by Gasteiger charge is 2.29. The molecule has 1 fully saturated rings. The lowest BCUT2D eigenvalue weighted by atomic mass is 10.0. The first-order valence-corrected chi connectivity index (χ1v) is 7.72. The Hall–Kier alpha value is -1.39. The Morgan fingerprint density at radius 3 is 2.67 bits per heavy atom. The molecule has 1 aliphatic rings. The van der Waals surface area contributed by atoms with Crippen LogP contribution in [0.15, 0.2) is 24.3 Å². The number of Topliss-reactive ketones (excluding diaryl/α,β-unsaturated/α-hetero) is 1. The van der Waals surface area contributed by atoms with E-state index in [0.29, 0.717) is 5.56 Å². The molecule has 1 aliphatic heterocycles. The Bertz CT molecular complexity index is 458. The zero-order chi connectivity index (χ0) is 15.2. The number of hydrogen-bond donors (Lipinski definition) is 1. The molecular weight excluding hydrogens is 266 g/mol. The molecule has 2 atom stereocenters. The molecular formula is C17H25NO3. The number of methoxy groups -OCH3 is 1. The van der Waals surface area contributed by atoms with Crippen molar-refractivity contribution in [3.05, 3.63) is 29.8 Å². The molecule has 0 radical (unpaired) electrons. The minimum Gasteiger partial charge on any atom is -0.497 e. The van der Waals surface area contributed by atoms with Crippen molar-refractivity contribution in [3.63, 3.8) is 0 Å². The van der Waals surface area contributed by atoms with Gasteiger partial charge in [-0.1, -0.05) is 12.8 Å². The second-order valence-corrected chi connectivity index (χ2v) is 5.69. The van der Waals surface area contributed by atoms with E-state index in [1.54, 1.807) is 7.11 Å². The number of carbonyl (C=O) groups excluding carboxylic acids is 1. The lowest BCUT2D eigenvalue weighted by Gasteiger charge is -2.33. The molecule has 1 saturated heterocycles. The summed E-state index contributed by atoms with van der Waals surface area (Å²) in [4.78, 5) is 14.8. The van der Waals surface area contributed by atoms with E-state index < -0.39 is 0 Å². The van der Waals surface area contributed by atoms with Crippen molar-refractivity contribution in [2.45, 2.75) is 44.7 Å². The summed E-state index contributed by atoms with van der Waals surface area (Å²) < 4.78 is 5.12. The molecule has 1 N–H and O–H groups in total. The first-order valence-electron chi connectivity index (χ1n) is 7.72. The van der Waals surface area contributed by atoms with Gasteiger partial charge in [0, 0.05) is 11.6 Å². The van der Waals surface area contributed by atoms with Gasteiger partial charge in [0.15, 0.2) is 5.78 Å². The average Bonchev–Trinajstić information content (AvgIpc) is 2.78. The van der Waals surface area contributed by atoms with Crippen LogP contribution in [0.2, 0.25) is 0 Å². The molecule has 0 bridgehead atoms. The van der Waals surface area contributed by atoms with Crippen LogP contribution in [-0.4, -0.2) is 48.1 Å². The van der Waals surface area contributed by atoms with Gasteiger partial charge in [0.2, 0.25) is 0 Å². The van der Waals surface area contributed by atoms with Gasteiger partial charge < -0.3 is 9.84 Å². The number of carbonyl (C=O) groups is 1. The fourth-order valence-corrected chi connectivity index (χ4v) is 3.05. The third-order valence-electron chi connectivity index (χ3n) is 4.38. The van der Waals surface area contributed by atoms with Crippen LogP contribution in [0.25, 0.3) is 0 Å². The number of nitrogens with zero attached hydrogens (tertiary/aromatic N) is 1. The molecule has 0 amide bonds. The van der Waals surface area contributed by atoms with Crippen LogP contribution in [0, 0.1) is 0 Å². The SMILES string of the molecule is COc1ccc(C(=O)C(C)N2CCCCCC2CO)cc1. The van der Waals surface area contributed by atoms with Crippen LogP contribution in [0.5, 0.6) is 5.75 Å². The Labute approximate surface area is 126 Å². The second kappa shape index (κ2) is 7.57. The number of ether oxygens (including phenoxy) is 1. The maximum Gasteiger partial charge on any atom is 0.179 e. The molecule has 1 aromatic rings. The lowest BCUT2D eigenvalue weighted by molar-refractivity contribution is 0.0650. The highest BCUT2D eigenvalue weighted by molar-refractivity contribution is 5.99. The highest BCUT2D eigenvalue weighted by Crippen LogP contribution is 2.21. The Morgan fingerprint density at radius 1 is 1.33 bits per heavy atom. The Kier molecular flexibility index (Phi) is 5.76. The van der Waals surface area contributed by atoms with E-state index in [-0.39, 0.29) is 24.5 Å². The van der Waals surface area contributed by atoms with E-state index >= 15 is 0 Å². The van der Waals surface area contributed by atoms with E-state index in [4.69, 9.17) is 4.74 Å². The van der Waals surface area contributed by atoms with Crippen LogP contribution in [-0.2, 0) is 0 Å². The normalized spacial score (nSPS) is 21.6. The van der Waals surface area contributed by atoms with Gasteiger partial charge in [-0.2, -0.15) is 0 Å². The van der Waals surface area contributed by atoms with Gasteiger partial charge in [-0.3, -0.25) is 9.69 Å². The summed E-state index contributed by atoms with van der Waals surface area (Å²) in [5, 5.41) is 9.59. The molecule has 0 aliphatic carbocycles. The summed E-state index contributed by atoms with van der Waals surface area (Å²) in [6.07, 6.45) is 4.37. The van der Waals surface area contributed by atoms with Gasteiger partial charge in [0.05, 0.1) is 19.8 Å². The van der Waals surface area contributed by atoms with Gasteiger partial charge in [-0.05, 0) is 50.6 Å². The number of likely N-dealkylation sites (tertiary alicyclic amines) is 1. The summed E-state index contributed by atoms with van der Waals surface area (Å²) >= 11 is 0. The summed E-state index contributed by atoms with van der Waals surface area (Å²) in [5.41, 5.74) is 0.698. The van der Waals surface area contributed by atoms with Crippen molar-refractivity contribution in [1.82, 2.24) is 4.90 Å². The molecule has 21 heavy (non-hydrogen) atoms. The lowest BCUT2D eigenvalue weighted by Crippen LogP contribution is -2.47. The van der Waals surface area contributed by atoms with Crippen LogP contribution >= 0.6 is 0 Å². The van der Waals surface area contributed by atoms with Gasteiger partial charge >= 0.3 is 0 Å². The van der Waals surface area contributed by atoms with Crippen molar-refractivity contribution in [1.29, 1.82) is 0 Å². The van der Waals surface area contributed by atoms with Gasteiger partial charge in [-0.15, -0.1) is 0 Å². The summed E-state index contributed by atoms with van der Waals surface area (Å²) in [7, 11) is 1.61. The maximum atomic E-state index is 12.7. The largest absolute Gasteiger partial charge is 0.497 e. The van der Waals surface area contributed by atoms with E-state index in [0.717, 1.165) is 31.6 Å². The fourth-order valence-electron chi connectivity index (χ4n) is 3.05. The van der Waals surface area contributed by atoms with Crippen molar-refractivity contribution < 1.29 is 14.6 Å². The van der Waals surface area contributed by atoms with Crippen molar-refractivity contribution in [3.8, 4) is 5.75 Å². The minimum atomic E-state index is -0.200. The van der Waals surface area contributed by atoms with Crippen LogP contribution in [0.4, 0.5) is 0 Å². The van der Waals surface area contributed by atoms with Crippen LogP contribution in [0.1, 0.15) is 43.0 Å².